The molecule has 3 heterocycles. The SMILES string of the molecule is CSc1cc(Cc2cc(C(=O)NCc3cc4c(Cl)c[nH]c4cc3F)ccn2)cc2cc(F)cnc12. The van der Waals surface area contributed by atoms with Crippen LogP contribution in [0.25, 0.3) is 21.8 Å². The molecule has 1 amide bonds. The van der Waals surface area contributed by atoms with Gasteiger partial charge in [-0.1, -0.05) is 11.6 Å². The lowest BCUT2D eigenvalue weighted by molar-refractivity contribution is 0.0950. The number of carbonyl (C=O) groups excluding carboxylic acids is 1. The van der Waals surface area contributed by atoms with Crippen LogP contribution in [0.4, 0.5) is 8.78 Å². The Hall–Kier alpha value is -3.49. The Morgan fingerprint density at radius 1 is 1.14 bits per heavy atom. The Bertz CT molecular complexity index is 1590. The smallest absolute Gasteiger partial charge is 0.251 e. The van der Waals surface area contributed by atoms with Crippen molar-refractivity contribution in [1.82, 2.24) is 20.3 Å². The Labute approximate surface area is 208 Å². The van der Waals surface area contributed by atoms with Crippen LogP contribution in [0.1, 0.15) is 27.2 Å². The first kappa shape index (κ1) is 23.3. The lowest BCUT2D eigenvalue weighted by Crippen LogP contribution is -2.23. The van der Waals surface area contributed by atoms with Gasteiger partial charge in [0, 0.05) is 63.4 Å². The summed E-state index contributed by atoms with van der Waals surface area (Å²) in [6.07, 6.45) is 6.77. The summed E-state index contributed by atoms with van der Waals surface area (Å²) >= 11 is 7.66. The first-order chi connectivity index (χ1) is 16.9. The molecule has 3 aromatic heterocycles. The van der Waals surface area contributed by atoms with Gasteiger partial charge in [-0.3, -0.25) is 14.8 Å². The minimum absolute atomic E-state index is 0.0140. The fraction of sp³-hybridized carbons (Fsp3) is 0.115. The number of hydrogen-bond donors (Lipinski definition) is 2. The number of aromatic nitrogens is 3. The number of benzene rings is 2. The van der Waals surface area contributed by atoms with Crippen LogP contribution in [0.5, 0.6) is 0 Å². The largest absolute Gasteiger partial charge is 0.360 e. The van der Waals surface area contributed by atoms with E-state index in [9.17, 15) is 13.6 Å². The van der Waals surface area contributed by atoms with E-state index >= 15 is 0 Å². The van der Waals surface area contributed by atoms with Crippen molar-refractivity contribution >= 4 is 51.1 Å². The maximum Gasteiger partial charge on any atom is 0.251 e. The lowest BCUT2D eigenvalue weighted by Gasteiger charge is -2.10. The van der Waals surface area contributed by atoms with Crippen LogP contribution in [0, 0.1) is 11.6 Å². The number of aromatic amines is 1. The molecule has 5 nitrogen and oxygen atoms in total. The number of H-pyrrole nitrogens is 1. The van der Waals surface area contributed by atoms with E-state index in [-0.39, 0.29) is 12.5 Å². The van der Waals surface area contributed by atoms with Gasteiger partial charge in [0.2, 0.25) is 0 Å². The van der Waals surface area contributed by atoms with Gasteiger partial charge in [0.15, 0.2) is 0 Å². The van der Waals surface area contributed by atoms with Gasteiger partial charge in [0.25, 0.3) is 5.91 Å². The fourth-order valence-electron chi connectivity index (χ4n) is 4.00. The topological polar surface area (TPSA) is 70.7 Å². The minimum atomic E-state index is -0.432. The number of fused-ring (bicyclic) bond motifs is 2. The monoisotopic (exact) mass is 508 g/mol. The normalized spacial score (nSPS) is 11.3. The van der Waals surface area contributed by atoms with E-state index in [1.807, 2.05) is 18.4 Å². The van der Waals surface area contributed by atoms with E-state index in [4.69, 9.17) is 11.6 Å². The number of rotatable bonds is 6. The first-order valence-electron chi connectivity index (χ1n) is 10.7. The standard InChI is InChI=1S/C26H19ClF2N4OS/c1-35-24-6-14(4-16-7-18(28)12-32-25(16)24)5-19-8-15(2-3-30-19)26(34)33-11-17-9-20-21(27)13-31-23(20)10-22(17)29/h2-4,6-10,12-13,31H,5,11H2,1H3,(H,33,34). The first-order valence-corrected chi connectivity index (χ1v) is 12.3. The number of pyridine rings is 2. The number of carbonyl (C=O) groups is 1. The third-order valence-electron chi connectivity index (χ3n) is 5.70. The number of amides is 1. The van der Waals surface area contributed by atoms with E-state index in [2.05, 4.69) is 20.3 Å². The van der Waals surface area contributed by atoms with E-state index in [1.165, 1.54) is 30.1 Å². The number of halogens is 3. The number of hydrogen-bond acceptors (Lipinski definition) is 4. The van der Waals surface area contributed by atoms with Gasteiger partial charge < -0.3 is 10.3 Å². The summed E-state index contributed by atoms with van der Waals surface area (Å²) in [7, 11) is 0. The van der Waals surface area contributed by atoms with Gasteiger partial charge in [-0.2, -0.15) is 0 Å². The molecule has 0 saturated heterocycles. The molecule has 0 unspecified atom stereocenters. The van der Waals surface area contributed by atoms with Crippen molar-refractivity contribution in [2.75, 3.05) is 6.26 Å². The Morgan fingerprint density at radius 3 is 2.83 bits per heavy atom. The van der Waals surface area contributed by atoms with Gasteiger partial charge in [0.05, 0.1) is 16.7 Å². The number of nitrogens with zero attached hydrogens (tertiary/aromatic N) is 2. The summed E-state index contributed by atoms with van der Waals surface area (Å²) in [5.74, 6) is -1.17. The summed E-state index contributed by atoms with van der Waals surface area (Å²) in [6.45, 7) is 0.0140. The molecular weight excluding hydrogens is 490 g/mol. The molecule has 0 aliphatic carbocycles. The molecule has 2 N–H and O–H groups in total. The molecule has 0 radical (unpaired) electrons. The number of thioether (sulfide) groups is 1. The molecule has 0 saturated carbocycles. The molecule has 5 rings (SSSR count). The molecule has 0 fully saturated rings. The molecule has 35 heavy (non-hydrogen) atoms. The molecule has 0 aliphatic heterocycles. The quantitative estimate of drug-likeness (QED) is 0.265. The zero-order chi connectivity index (χ0) is 24.5. The number of nitrogens with one attached hydrogen (secondary N) is 2. The van der Waals surface area contributed by atoms with Crippen LogP contribution in [-0.4, -0.2) is 27.1 Å². The lowest BCUT2D eigenvalue weighted by atomic mass is 10.0. The van der Waals surface area contributed by atoms with Gasteiger partial charge in [0.1, 0.15) is 11.6 Å². The zero-order valence-electron chi connectivity index (χ0n) is 18.5. The Morgan fingerprint density at radius 2 is 2.00 bits per heavy atom. The summed E-state index contributed by atoms with van der Waals surface area (Å²) in [5.41, 5.74) is 3.70. The summed E-state index contributed by atoms with van der Waals surface area (Å²) in [4.78, 5) is 25.2. The fourth-order valence-corrected chi connectivity index (χ4v) is 4.84. The summed E-state index contributed by atoms with van der Waals surface area (Å²) in [5, 5.41) is 4.65. The minimum Gasteiger partial charge on any atom is -0.360 e. The van der Waals surface area contributed by atoms with E-state index in [0.29, 0.717) is 44.6 Å². The molecule has 0 aliphatic rings. The molecular formula is C26H19ClF2N4OS. The molecule has 9 heteroatoms. The van der Waals surface area contributed by atoms with Gasteiger partial charge in [-0.05, 0) is 54.3 Å². The van der Waals surface area contributed by atoms with E-state index in [0.717, 1.165) is 16.0 Å². The van der Waals surface area contributed by atoms with Crippen molar-refractivity contribution in [3.05, 3.63) is 100 Å². The second-order valence-corrected chi connectivity index (χ2v) is 9.30. The van der Waals surface area contributed by atoms with Gasteiger partial charge in [-0.25, -0.2) is 8.78 Å². The molecule has 5 aromatic rings. The van der Waals surface area contributed by atoms with E-state index in [1.54, 1.807) is 30.6 Å². The highest BCUT2D eigenvalue weighted by atomic mass is 35.5. The van der Waals surface area contributed by atoms with Crippen molar-refractivity contribution in [2.45, 2.75) is 17.9 Å². The van der Waals surface area contributed by atoms with Crippen molar-refractivity contribution in [3.63, 3.8) is 0 Å². The highest BCUT2D eigenvalue weighted by Crippen LogP contribution is 2.28. The highest BCUT2D eigenvalue weighted by molar-refractivity contribution is 7.98. The summed E-state index contributed by atoms with van der Waals surface area (Å²) in [6, 6.07) is 11.6. The van der Waals surface area contributed by atoms with Crippen molar-refractivity contribution in [2.24, 2.45) is 0 Å². The average Bonchev–Trinajstić information content (AvgIpc) is 3.20. The Balaban J connectivity index is 1.34. The molecule has 0 spiro atoms. The highest BCUT2D eigenvalue weighted by Gasteiger charge is 2.13. The van der Waals surface area contributed by atoms with Gasteiger partial charge >= 0.3 is 0 Å². The van der Waals surface area contributed by atoms with Crippen LogP contribution in [0.3, 0.4) is 0 Å². The predicted molar refractivity (Wildman–Crippen MR) is 135 cm³/mol. The van der Waals surface area contributed by atoms with Crippen LogP contribution in [-0.2, 0) is 13.0 Å². The van der Waals surface area contributed by atoms with Gasteiger partial charge in [-0.15, -0.1) is 11.8 Å². The van der Waals surface area contributed by atoms with Crippen LogP contribution >= 0.6 is 23.4 Å². The van der Waals surface area contributed by atoms with Crippen LogP contribution < -0.4 is 5.32 Å². The third-order valence-corrected chi connectivity index (χ3v) is 6.76. The van der Waals surface area contributed by atoms with E-state index < -0.39 is 11.6 Å². The predicted octanol–water partition coefficient (Wildman–Crippen LogP) is 6.29. The molecule has 2 aromatic carbocycles. The van der Waals surface area contributed by atoms with Crippen molar-refractivity contribution in [1.29, 1.82) is 0 Å². The van der Waals surface area contributed by atoms with Crippen molar-refractivity contribution < 1.29 is 13.6 Å². The Kier molecular flexibility index (Phi) is 6.40. The molecule has 176 valence electrons. The molecule has 0 bridgehead atoms. The van der Waals surface area contributed by atoms with Crippen LogP contribution in [0.15, 0.2) is 66.0 Å². The third kappa shape index (κ3) is 4.85. The zero-order valence-corrected chi connectivity index (χ0v) is 20.1. The summed E-state index contributed by atoms with van der Waals surface area (Å²) < 4.78 is 28.1. The van der Waals surface area contributed by atoms with Crippen LogP contribution in [0.2, 0.25) is 5.02 Å². The maximum atomic E-state index is 14.4. The second kappa shape index (κ2) is 9.64. The maximum absolute atomic E-state index is 14.4. The second-order valence-electron chi connectivity index (χ2n) is 8.04. The van der Waals surface area contributed by atoms with Crippen molar-refractivity contribution in [3.8, 4) is 0 Å². The average molecular weight is 509 g/mol. The molecule has 0 atom stereocenters.